The van der Waals surface area contributed by atoms with E-state index in [2.05, 4.69) is 5.32 Å². The number of carbonyl (C=O) groups is 3. The highest BCUT2D eigenvalue weighted by atomic mass is 35.5. The number of likely N-dealkylation sites (N-methyl/N-ethyl adjacent to an activating group) is 1. The number of carbonyl (C=O) groups excluding carboxylic acids is 3. The standard InChI is InChI=1S/C19H18ClFN2O4/c1-12(24)14-8-7-13(9-16(14)21)27-11-19(26)23(2)10-18(25)22-17-6-4-3-5-15(17)20/h3-9H,10-11H2,1-2H3,(H,22,25). The van der Waals surface area contributed by atoms with Gasteiger partial charge >= 0.3 is 0 Å². The van der Waals surface area contributed by atoms with Crippen molar-refractivity contribution < 1.29 is 23.5 Å². The molecule has 0 aromatic heterocycles. The van der Waals surface area contributed by atoms with Crippen LogP contribution in [0.4, 0.5) is 10.1 Å². The first-order valence-electron chi connectivity index (χ1n) is 7.99. The predicted molar refractivity (Wildman–Crippen MR) is 99.6 cm³/mol. The van der Waals surface area contributed by atoms with Crippen molar-refractivity contribution in [2.24, 2.45) is 0 Å². The van der Waals surface area contributed by atoms with E-state index in [1.54, 1.807) is 24.3 Å². The monoisotopic (exact) mass is 392 g/mol. The summed E-state index contributed by atoms with van der Waals surface area (Å²) in [6.07, 6.45) is 0. The lowest BCUT2D eigenvalue weighted by atomic mass is 10.1. The summed E-state index contributed by atoms with van der Waals surface area (Å²) in [6.45, 7) is 0.672. The molecule has 142 valence electrons. The Balaban J connectivity index is 1.86. The van der Waals surface area contributed by atoms with Crippen molar-refractivity contribution in [1.29, 1.82) is 0 Å². The first-order valence-corrected chi connectivity index (χ1v) is 8.37. The molecule has 2 amide bonds. The van der Waals surface area contributed by atoms with Crippen LogP contribution < -0.4 is 10.1 Å². The van der Waals surface area contributed by atoms with Crippen LogP contribution in [0, 0.1) is 5.82 Å². The van der Waals surface area contributed by atoms with Crippen molar-refractivity contribution in [2.45, 2.75) is 6.92 Å². The number of amides is 2. The number of halogens is 2. The van der Waals surface area contributed by atoms with Crippen molar-refractivity contribution in [3.63, 3.8) is 0 Å². The summed E-state index contributed by atoms with van der Waals surface area (Å²) in [4.78, 5) is 36.5. The fraction of sp³-hybridized carbons (Fsp3) is 0.211. The van der Waals surface area contributed by atoms with E-state index < -0.39 is 23.4 Å². The minimum atomic E-state index is -0.722. The van der Waals surface area contributed by atoms with E-state index in [-0.39, 0.29) is 24.5 Å². The Hall–Kier alpha value is -2.93. The highest BCUT2D eigenvalue weighted by molar-refractivity contribution is 6.33. The lowest BCUT2D eigenvalue weighted by molar-refractivity contribution is -0.135. The smallest absolute Gasteiger partial charge is 0.260 e. The minimum Gasteiger partial charge on any atom is -0.484 e. The molecule has 0 fully saturated rings. The Bertz CT molecular complexity index is 873. The largest absolute Gasteiger partial charge is 0.484 e. The molecule has 0 saturated heterocycles. The maximum absolute atomic E-state index is 13.7. The normalized spacial score (nSPS) is 10.2. The molecule has 0 radical (unpaired) electrons. The fourth-order valence-corrected chi connectivity index (χ4v) is 2.37. The quantitative estimate of drug-likeness (QED) is 0.734. The van der Waals surface area contributed by atoms with E-state index in [0.717, 1.165) is 6.07 Å². The lowest BCUT2D eigenvalue weighted by Gasteiger charge is -2.17. The number of ether oxygens (including phenoxy) is 1. The van der Waals surface area contributed by atoms with Gasteiger partial charge in [0.15, 0.2) is 12.4 Å². The summed E-state index contributed by atoms with van der Waals surface area (Å²) in [5.41, 5.74) is 0.393. The third-order valence-corrected chi connectivity index (χ3v) is 3.97. The average Bonchev–Trinajstić information content (AvgIpc) is 2.61. The molecule has 6 nitrogen and oxygen atoms in total. The molecule has 2 rings (SSSR count). The minimum absolute atomic E-state index is 0.0537. The maximum Gasteiger partial charge on any atom is 0.260 e. The van der Waals surface area contributed by atoms with Crippen LogP contribution in [-0.4, -0.2) is 42.7 Å². The SMILES string of the molecule is CC(=O)c1ccc(OCC(=O)N(C)CC(=O)Nc2ccccc2Cl)cc1F. The Labute approximate surface area is 160 Å². The number of benzene rings is 2. The topological polar surface area (TPSA) is 75.7 Å². The number of nitrogens with one attached hydrogen (secondary N) is 1. The van der Waals surface area contributed by atoms with Crippen molar-refractivity contribution >= 4 is 34.9 Å². The number of hydrogen-bond donors (Lipinski definition) is 1. The zero-order valence-electron chi connectivity index (χ0n) is 14.8. The number of nitrogens with zero attached hydrogens (tertiary/aromatic N) is 1. The molecule has 0 bridgehead atoms. The van der Waals surface area contributed by atoms with E-state index in [0.29, 0.717) is 10.7 Å². The second kappa shape index (κ2) is 9.14. The third-order valence-electron chi connectivity index (χ3n) is 3.64. The van der Waals surface area contributed by atoms with Gasteiger partial charge in [0, 0.05) is 13.1 Å². The second-order valence-corrected chi connectivity index (χ2v) is 6.17. The van der Waals surface area contributed by atoms with E-state index in [4.69, 9.17) is 16.3 Å². The molecule has 0 unspecified atom stereocenters. The van der Waals surface area contributed by atoms with Crippen molar-refractivity contribution in [3.05, 3.63) is 58.9 Å². The van der Waals surface area contributed by atoms with Crippen LogP contribution >= 0.6 is 11.6 Å². The van der Waals surface area contributed by atoms with Gasteiger partial charge < -0.3 is 15.0 Å². The van der Waals surface area contributed by atoms with E-state index in [9.17, 15) is 18.8 Å². The zero-order valence-corrected chi connectivity index (χ0v) is 15.5. The number of para-hydroxylation sites is 1. The van der Waals surface area contributed by atoms with Gasteiger partial charge in [-0.15, -0.1) is 0 Å². The summed E-state index contributed by atoms with van der Waals surface area (Å²) in [5.74, 6) is -1.91. The lowest BCUT2D eigenvalue weighted by Crippen LogP contribution is -2.37. The molecular weight excluding hydrogens is 375 g/mol. The predicted octanol–water partition coefficient (Wildman–Crippen LogP) is 3.16. The van der Waals surface area contributed by atoms with E-state index in [1.807, 2.05) is 0 Å². The van der Waals surface area contributed by atoms with Crippen molar-refractivity contribution in [2.75, 3.05) is 25.5 Å². The molecule has 2 aromatic rings. The summed E-state index contributed by atoms with van der Waals surface area (Å²) in [6, 6.07) is 10.5. The molecular formula is C19H18ClFN2O4. The van der Waals surface area contributed by atoms with Crippen LogP contribution in [0.5, 0.6) is 5.75 Å². The van der Waals surface area contributed by atoms with Crippen LogP contribution in [0.1, 0.15) is 17.3 Å². The van der Waals surface area contributed by atoms with Crippen LogP contribution in [0.2, 0.25) is 5.02 Å². The summed E-state index contributed by atoms with van der Waals surface area (Å²) in [5, 5.41) is 3.00. The first kappa shape index (κ1) is 20.4. The van der Waals surface area contributed by atoms with Crippen molar-refractivity contribution in [1.82, 2.24) is 4.90 Å². The fourth-order valence-electron chi connectivity index (χ4n) is 2.18. The van der Waals surface area contributed by atoms with Gasteiger partial charge in [0.1, 0.15) is 11.6 Å². The Kier molecular flexibility index (Phi) is 6.90. The molecule has 0 aliphatic rings. The van der Waals surface area contributed by atoms with Crippen LogP contribution in [0.25, 0.3) is 0 Å². The first-order chi connectivity index (χ1) is 12.8. The molecule has 27 heavy (non-hydrogen) atoms. The Morgan fingerprint density at radius 2 is 1.89 bits per heavy atom. The zero-order chi connectivity index (χ0) is 20.0. The molecule has 0 aliphatic carbocycles. The maximum atomic E-state index is 13.7. The number of Topliss-reactive ketones (excluding diaryl/α,β-unsaturated/α-hetero) is 1. The summed E-state index contributed by atoms with van der Waals surface area (Å²) < 4.78 is 19.0. The highest BCUT2D eigenvalue weighted by Gasteiger charge is 2.15. The summed E-state index contributed by atoms with van der Waals surface area (Å²) >= 11 is 5.96. The van der Waals surface area contributed by atoms with Gasteiger partial charge in [0.2, 0.25) is 5.91 Å². The second-order valence-electron chi connectivity index (χ2n) is 5.76. The molecule has 1 N–H and O–H groups in total. The molecule has 8 heteroatoms. The molecule has 2 aromatic carbocycles. The molecule has 0 saturated carbocycles. The Morgan fingerprint density at radius 1 is 1.19 bits per heavy atom. The number of anilines is 1. The molecule has 0 spiro atoms. The van der Waals surface area contributed by atoms with Crippen molar-refractivity contribution in [3.8, 4) is 5.75 Å². The number of ketones is 1. The van der Waals surface area contributed by atoms with Gasteiger partial charge in [-0.3, -0.25) is 14.4 Å². The van der Waals surface area contributed by atoms with Crippen LogP contribution in [0.15, 0.2) is 42.5 Å². The van der Waals surface area contributed by atoms with E-state index >= 15 is 0 Å². The number of rotatable bonds is 7. The van der Waals surface area contributed by atoms with Gasteiger partial charge in [-0.1, -0.05) is 23.7 Å². The van der Waals surface area contributed by atoms with Gasteiger partial charge in [-0.25, -0.2) is 4.39 Å². The number of hydrogen-bond acceptors (Lipinski definition) is 4. The molecule has 0 heterocycles. The van der Waals surface area contributed by atoms with E-state index in [1.165, 1.54) is 31.0 Å². The van der Waals surface area contributed by atoms with Gasteiger partial charge in [-0.05, 0) is 31.2 Å². The van der Waals surface area contributed by atoms with Gasteiger partial charge in [-0.2, -0.15) is 0 Å². The summed E-state index contributed by atoms with van der Waals surface area (Å²) in [7, 11) is 1.44. The van der Waals surface area contributed by atoms with Gasteiger partial charge in [0.25, 0.3) is 5.91 Å². The van der Waals surface area contributed by atoms with Gasteiger partial charge in [0.05, 0.1) is 22.8 Å². The highest BCUT2D eigenvalue weighted by Crippen LogP contribution is 2.20. The van der Waals surface area contributed by atoms with Crippen LogP contribution in [0.3, 0.4) is 0 Å². The third kappa shape index (κ3) is 5.79. The molecule has 0 aliphatic heterocycles. The molecule has 0 atom stereocenters. The van der Waals surface area contributed by atoms with Crippen LogP contribution in [-0.2, 0) is 9.59 Å². The Morgan fingerprint density at radius 3 is 2.52 bits per heavy atom. The average molecular weight is 393 g/mol.